The fourth-order valence-electron chi connectivity index (χ4n) is 10.4. The van der Waals surface area contributed by atoms with Gasteiger partial charge in [0.15, 0.2) is 10.1 Å². The number of nitrogens with zero attached hydrogens (tertiary/aromatic N) is 5. The molecule has 0 spiro atoms. The van der Waals surface area contributed by atoms with Crippen LogP contribution in [0.2, 0.25) is 0 Å². The smallest absolute Gasteiger partial charge is 0.409 e. The summed E-state index contributed by atoms with van der Waals surface area (Å²) >= 11 is 3.15. The number of piperidine rings is 2. The Morgan fingerprint density at radius 3 is 1.57 bits per heavy atom. The molecule has 4 aliphatic heterocycles. The minimum atomic E-state index is -1.15. The van der Waals surface area contributed by atoms with E-state index < -0.39 is 23.3 Å². The van der Waals surface area contributed by atoms with Gasteiger partial charge in [-0.25, -0.2) is 4.79 Å². The fraction of sp³-hybridized carbons (Fsp3) is 0.558. The number of piperazine rings is 2. The lowest BCUT2D eigenvalue weighted by atomic mass is 9.80. The molecule has 4 aromatic rings. The van der Waals surface area contributed by atoms with Gasteiger partial charge in [-0.05, 0) is 101 Å². The molecule has 1 N–H and O–H groups in total. The number of hydrogen-bond acceptors (Lipinski definition) is 13. The van der Waals surface area contributed by atoms with Crippen molar-refractivity contribution in [3.05, 3.63) is 82.6 Å². The number of aryl methyl sites for hydroxylation is 2. The lowest BCUT2D eigenvalue weighted by molar-refractivity contribution is -0.159. The second kappa shape index (κ2) is 23.4. The van der Waals surface area contributed by atoms with Gasteiger partial charge in [-0.1, -0.05) is 51.0 Å². The number of carbonyl (C=O) groups excluding carboxylic acids is 3. The molecule has 0 bridgehead atoms. The summed E-state index contributed by atoms with van der Waals surface area (Å²) in [5.41, 5.74) is 0.140. The zero-order chi connectivity index (χ0) is 48.3. The number of carbonyl (C=O) groups is 3. The molecule has 0 radical (unpaired) electrons. The van der Waals surface area contributed by atoms with E-state index in [2.05, 4.69) is 48.0 Å². The molecule has 4 saturated heterocycles. The summed E-state index contributed by atoms with van der Waals surface area (Å²) in [7, 11) is 4.77. The highest BCUT2D eigenvalue weighted by Gasteiger charge is 2.56. The monoisotopic (exact) mass is 972 g/mol. The molecule has 6 heterocycles. The van der Waals surface area contributed by atoms with E-state index in [-0.39, 0.29) is 17.9 Å². The summed E-state index contributed by atoms with van der Waals surface area (Å²) in [6, 6.07) is 23.7. The largest absolute Gasteiger partial charge is 0.495 e. The molecule has 68 heavy (non-hydrogen) atoms. The van der Waals surface area contributed by atoms with Crippen LogP contribution in [0.4, 0.5) is 16.2 Å². The first-order valence-electron chi connectivity index (χ1n) is 24.4. The number of hydrogen-bond donors (Lipinski definition) is 1. The highest BCUT2D eigenvalue weighted by Crippen LogP contribution is 2.41. The minimum Gasteiger partial charge on any atom is -0.495 e. The molecular formula is C52H72N6O8S2. The number of thiophene rings is 2. The Balaban J connectivity index is 0.000000203. The quantitative estimate of drug-likeness (QED) is 0.131. The standard InChI is InChI=1S/C27H37N3O5S.C25H35N3O3S/c1-5-9-23-27(35-24-13-12-20(2)36-24,14-8-15-30(23)26(32)34-4)25(31)29-18-16-28(17-19-29)21-10-6-7-11-22(21)33-3;1-4-8-22-25(13-7-14-26-22,31-23-12-11-19(2)32-23)24(29)28-17-15-27(16-18-28)20-9-5-6-10-21(20)30-3/h6-7,10-13,23H,5,8-9,14-19H2,1-4H3;5-6,9-12,22,26H,4,7-8,13-18H2,1-3H3. The van der Waals surface area contributed by atoms with Crippen LogP contribution in [0.25, 0.3) is 0 Å². The van der Waals surface area contributed by atoms with Crippen molar-refractivity contribution in [1.82, 2.24) is 20.0 Å². The van der Waals surface area contributed by atoms with Gasteiger partial charge in [-0.15, -0.1) is 22.7 Å². The molecule has 4 aliphatic rings. The van der Waals surface area contributed by atoms with E-state index >= 15 is 0 Å². The van der Waals surface area contributed by atoms with Gasteiger partial charge >= 0.3 is 6.09 Å². The minimum absolute atomic E-state index is 0.0309. The summed E-state index contributed by atoms with van der Waals surface area (Å²) < 4.78 is 29.5. The van der Waals surface area contributed by atoms with Crippen LogP contribution in [0.3, 0.4) is 0 Å². The Kier molecular flexibility index (Phi) is 17.4. The Hall–Kier alpha value is -5.19. The van der Waals surface area contributed by atoms with Gasteiger partial charge in [0.25, 0.3) is 11.8 Å². The van der Waals surface area contributed by atoms with E-state index in [0.717, 1.165) is 84.6 Å². The Labute approximate surface area is 411 Å². The van der Waals surface area contributed by atoms with Gasteiger partial charge in [0.1, 0.15) is 11.5 Å². The molecule has 3 amide bonds. The summed E-state index contributed by atoms with van der Waals surface area (Å²) in [4.78, 5) is 53.7. The molecule has 8 rings (SSSR count). The molecule has 0 saturated carbocycles. The SMILES string of the molecule is CCCC1N(C(=O)OC)CCCC1(Oc1ccc(C)s1)C(=O)N1CCN(c2ccccc2OC)CC1.CCCC1NCCCC1(Oc1ccc(C)s1)C(=O)N1CCN(c2ccccc2OC)CC1. The van der Waals surface area contributed by atoms with Crippen LogP contribution in [-0.4, -0.2) is 143 Å². The van der Waals surface area contributed by atoms with Crippen LogP contribution >= 0.6 is 22.7 Å². The van der Waals surface area contributed by atoms with Crippen molar-refractivity contribution < 1.29 is 38.1 Å². The first kappa shape index (κ1) is 50.7. The van der Waals surface area contributed by atoms with E-state index in [4.69, 9.17) is 23.7 Å². The third kappa shape index (κ3) is 11.1. The third-order valence-electron chi connectivity index (χ3n) is 13.8. The van der Waals surface area contributed by atoms with Crippen molar-refractivity contribution in [2.24, 2.45) is 0 Å². The fourth-order valence-corrected chi connectivity index (χ4v) is 12.0. The number of rotatable bonds is 14. The number of methoxy groups -OCH3 is 3. The first-order valence-corrected chi connectivity index (χ1v) is 26.1. The van der Waals surface area contributed by atoms with Gasteiger partial charge in [0, 0.05) is 75.1 Å². The van der Waals surface area contributed by atoms with Crippen LogP contribution in [0.15, 0.2) is 72.8 Å². The maximum atomic E-state index is 14.4. The van der Waals surface area contributed by atoms with Gasteiger partial charge in [0.05, 0.1) is 44.8 Å². The average molecular weight is 973 g/mol. The zero-order valence-electron chi connectivity index (χ0n) is 41.1. The number of likely N-dealkylation sites (tertiary alicyclic amines) is 1. The number of benzene rings is 2. The van der Waals surface area contributed by atoms with E-state index in [1.807, 2.05) is 77.4 Å². The Bertz CT molecular complexity index is 2270. The topological polar surface area (TPSA) is 126 Å². The normalized spacial score (nSPS) is 23.0. The molecular weight excluding hydrogens is 901 g/mol. The molecule has 2 aromatic heterocycles. The number of ether oxygens (including phenoxy) is 5. The molecule has 370 valence electrons. The van der Waals surface area contributed by atoms with Crippen LogP contribution in [0, 0.1) is 13.8 Å². The molecule has 4 atom stereocenters. The Morgan fingerprint density at radius 1 is 0.618 bits per heavy atom. The Morgan fingerprint density at radius 2 is 1.10 bits per heavy atom. The maximum absolute atomic E-state index is 14.4. The molecule has 2 aromatic carbocycles. The predicted octanol–water partition coefficient (Wildman–Crippen LogP) is 8.65. The van der Waals surface area contributed by atoms with Gasteiger partial charge < -0.3 is 53.5 Å². The second-order valence-electron chi connectivity index (χ2n) is 18.1. The average Bonchev–Trinajstić information content (AvgIpc) is 3.99. The third-order valence-corrected chi connectivity index (χ3v) is 15.6. The summed E-state index contributed by atoms with van der Waals surface area (Å²) in [6.07, 6.45) is 5.95. The van der Waals surface area contributed by atoms with Crippen LogP contribution in [0.5, 0.6) is 21.6 Å². The lowest BCUT2D eigenvalue weighted by Crippen LogP contribution is -2.69. The van der Waals surface area contributed by atoms with E-state index in [0.29, 0.717) is 70.1 Å². The number of amides is 3. The maximum Gasteiger partial charge on any atom is 0.409 e. The predicted molar refractivity (Wildman–Crippen MR) is 271 cm³/mol. The summed E-state index contributed by atoms with van der Waals surface area (Å²) in [6.45, 7) is 15.3. The highest BCUT2D eigenvalue weighted by molar-refractivity contribution is 7.14. The summed E-state index contributed by atoms with van der Waals surface area (Å²) in [5, 5.41) is 5.16. The number of para-hydroxylation sites is 4. The van der Waals surface area contributed by atoms with E-state index in [1.54, 1.807) is 30.5 Å². The molecule has 4 fully saturated rings. The number of nitrogens with one attached hydrogen (secondary N) is 1. The van der Waals surface area contributed by atoms with Gasteiger partial charge in [0.2, 0.25) is 11.2 Å². The van der Waals surface area contributed by atoms with Crippen molar-refractivity contribution in [2.45, 2.75) is 102 Å². The van der Waals surface area contributed by atoms with Crippen molar-refractivity contribution in [1.29, 1.82) is 0 Å². The van der Waals surface area contributed by atoms with Crippen molar-refractivity contribution in [2.75, 3.05) is 96.6 Å². The van der Waals surface area contributed by atoms with Crippen molar-refractivity contribution in [3.8, 4) is 21.6 Å². The van der Waals surface area contributed by atoms with Crippen LogP contribution in [0.1, 0.15) is 75.0 Å². The van der Waals surface area contributed by atoms with Crippen LogP contribution < -0.4 is 34.1 Å². The van der Waals surface area contributed by atoms with Gasteiger partial charge in [-0.3, -0.25) is 9.59 Å². The van der Waals surface area contributed by atoms with Crippen molar-refractivity contribution >= 4 is 52.0 Å². The highest BCUT2D eigenvalue weighted by atomic mass is 32.1. The van der Waals surface area contributed by atoms with E-state index in [1.165, 1.54) is 23.3 Å². The van der Waals surface area contributed by atoms with Crippen molar-refractivity contribution in [3.63, 3.8) is 0 Å². The first-order chi connectivity index (χ1) is 33.0. The lowest BCUT2D eigenvalue weighted by Gasteiger charge is -2.50. The van der Waals surface area contributed by atoms with Gasteiger partial charge in [-0.2, -0.15) is 0 Å². The molecule has 16 heteroatoms. The zero-order valence-corrected chi connectivity index (χ0v) is 42.8. The second-order valence-corrected chi connectivity index (χ2v) is 20.6. The molecule has 14 nitrogen and oxygen atoms in total. The summed E-state index contributed by atoms with van der Waals surface area (Å²) in [5.74, 6) is 1.79. The van der Waals surface area contributed by atoms with Crippen LogP contribution in [-0.2, 0) is 14.3 Å². The number of anilines is 2. The molecule has 0 aliphatic carbocycles. The molecule has 4 unspecified atom stereocenters. The van der Waals surface area contributed by atoms with E-state index in [9.17, 15) is 14.4 Å².